The van der Waals surface area contributed by atoms with E-state index in [1.54, 1.807) is 6.07 Å². The van der Waals surface area contributed by atoms with Gasteiger partial charge in [0, 0.05) is 11.3 Å². The minimum Gasteiger partial charge on any atom is -0.475 e. The predicted molar refractivity (Wildman–Crippen MR) is 108 cm³/mol. The summed E-state index contributed by atoms with van der Waals surface area (Å²) in [4.78, 5) is 11.3. The van der Waals surface area contributed by atoms with Crippen molar-refractivity contribution in [3.63, 3.8) is 0 Å². The molecule has 7 heteroatoms. The highest BCUT2D eigenvalue weighted by Crippen LogP contribution is 2.50. The van der Waals surface area contributed by atoms with Crippen LogP contribution in [0.2, 0.25) is 0 Å². The number of hydrogen-bond acceptors (Lipinski definition) is 3. The van der Waals surface area contributed by atoms with Crippen LogP contribution in [-0.2, 0) is 0 Å². The number of fused-ring (bicyclic) bond motifs is 1. The zero-order chi connectivity index (χ0) is 21.8. The summed E-state index contributed by atoms with van der Waals surface area (Å²) in [5.41, 5.74) is 3.15. The number of furan rings is 2. The van der Waals surface area contributed by atoms with E-state index in [4.69, 9.17) is 8.83 Å². The molecule has 1 unspecified atom stereocenters. The van der Waals surface area contributed by atoms with E-state index in [0.29, 0.717) is 29.9 Å². The molecule has 0 aliphatic heterocycles. The highest BCUT2D eigenvalue weighted by atomic mass is 19.4. The summed E-state index contributed by atoms with van der Waals surface area (Å²) in [6.45, 7) is 0. The Kier molecular flexibility index (Phi) is 4.57. The third-order valence-corrected chi connectivity index (χ3v) is 6.22. The van der Waals surface area contributed by atoms with E-state index in [1.165, 1.54) is 6.07 Å². The van der Waals surface area contributed by atoms with Gasteiger partial charge in [-0.15, -0.1) is 0 Å². The fraction of sp³-hybridized carbons (Fsp3) is 0.292. The third kappa shape index (κ3) is 3.58. The van der Waals surface area contributed by atoms with Gasteiger partial charge >= 0.3 is 12.1 Å². The SMILES string of the molecule is O=C(O)c1ccc([C@@H]2CC(c3cc4ccccc4o3)=CC3=C2CC(C(F)(F)F)CC3)o1. The van der Waals surface area contributed by atoms with Crippen molar-refractivity contribution in [1.82, 2.24) is 0 Å². The van der Waals surface area contributed by atoms with Crippen LogP contribution in [0.5, 0.6) is 0 Å². The van der Waals surface area contributed by atoms with Crippen LogP contribution in [0.1, 0.15) is 53.7 Å². The van der Waals surface area contributed by atoms with Crippen LogP contribution in [-0.4, -0.2) is 17.3 Å². The number of carbonyl (C=O) groups is 1. The number of carboxylic acid groups (broad SMARTS) is 1. The number of aromatic carboxylic acids is 1. The Morgan fingerprint density at radius 3 is 2.58 bits per heavy atom. The van der Waals surface area contributed by atoms with E-state index in [-0.39, 0.29) is 18.6 Å². The first-order chi connectivity index (χ1) is 14.8. The summed E-state index contributed by atoms with van der Waals surface area (Å²) in [5, 5.41) is 10.2. The summed E-state index contributed by atoms with van der Waals surface area (Å²) in [6.07, 6.45) is -1.69. The lowest BCUT2D eigenvalue weighted by atomic mass is 9.72. The van der Waals surface area contributed by atoms with Gasteiger partial charge in [-0.2, -0.15) is 13.2 Å². The van der Waals surface area contributed by atoms with Gasteiger partial charge in [0.1, 0.15) is 17.1 Å². The Hall–Kier alpha value is -3.22. The molecule has 0 spiro atoms. The van der Waals surface area contributed by atoms with Gasteiger partial charge in [0.15, 0.2) is 0 Å². The lowest BCUT2D eigenvalue weighted by molar-refractivity contribution is -0.177. The largest absolute Gasteiger partial charge is 0.475 e. The fourth-order valence-electron chi connectivity index (χ4n) is 4.65. The van der Waals surface area contributed by atoms with Crippen LogP contribution >= 0.6 is 0 Å². The maximum atomic E-state index is 13.4. The van der Waals surface area contributed by atoms with Crippen LogP contribution < -0.4 is 0 Å². The molecule has 160 valence electrons. The minimum absolute atomic E-state index is 0.0392. The number of alkyl halides is 3. The third-order valence-electron chi connectivity index (χ3n) is 6.22. The maximum absolute atomic E-state index is 13.4. The van der Waals surface area contributed by atoms with Gasteiger partial charge in [-0.1, -0.05) is 29.8 Å². The second-order valence-corrected chi connectivity index (χ2v) is 8.11. The molecule has 1 aromatic carbocycles. The topological polar surface area (TPSA) is 63.6 Å². The van der Waals surface area contributed by atoms with Crippen LogP contribution in [0.25, 0.3) is 16.5 Å². The number of halogens is 3. The highest BCUT2D eigenvalue weighted by Gasteiger charge is 2.44. The smallest absolute Gasteiger partial charge is 0.392 e. The van der Waals surface area contributed by atoms with Crippen molar-refractivity contribution in [2.24, 2.45) is 5.92 Å². The van der Waals surface area contributed by atoms with Crippen molar-refractivity contribution in [1.29, 1.82) is 0 Å². The van der Waals surface area contributed by atoms with Crippen LogP contribution in [0, 0.1) is 5.92 Å². The van der Waals surface area contributed by atoms with Gasteiger partial charge in [0.25, 0.3) is 0 Å². The molecule has 31 heavy (non-hydrogen) atoms. The summed E-state index contributed by atoms with van der Waals surface area (Å²) in [7, 11) is 0. The quantitative estimate of drug-likeness (QED) is 0.490. The zero-order valence-electron chi connectivity index (χ0n) is 16.4. The lowest BCUT2D eigenvalue weighted by Gasteiger charge is -2.34. The summed E-state index contributed by atoms with van der Waals surface area (Å²) >= 11 is 0. The van der Waals surface area contributed by atoms with E-state index in [2.05, 4.69) is 0 Å². The molecular formula is C24H19F3O4. The molecule has 2 atom stereocenters. The molecule has 1 N–H and O–H groups in total. The molecular weight excluding hydrogens is 409 g/mol. The molecule has 0 bridgehead atoms. The molecule has 2 aliphatic carbocycles. The first kappa shape index (κ1) is 19.7. The van der Waals surface area contributed by atoms with E-state index in [0.717, 1.165) is 22.1 Å². The van der Waals surface area contributed by atoms with Crippen molar-refractivity contribution in [3.8, 4) is 0 Å². The van der Waals surface area contributed by atoms with Crippen LogP contribution in [0.15, 0.2) is 68.5 Å². The Balaban J connectivity index is 1.58. The number of hydrogen-bond donors (Lipinski definition) is 1. The molecule has 0 radical (unpaired) electrons. The fourth-order valence-corrected chi connectivity index (χ4v) is 4.65. The van der Waals surface area contributed by atoms with Crippen molar-refractivity contribution in [3.05, 3.63) is 77.0 Å². The second-order valence-electron chi connectivity index (χ2n) is 8.11. The highest BCUT2D eigenvalue weighted by molar-refractivity contribution is 5.85. The van der Waals surface area contributed by atoms with Crippen LogP contribution in [0.3, 0.4) is 0 Å². The minimum atomic E-state index is -4.26. The summed E-state index contributed by atoms with van der Waals surface area (Å²) in [5.74, 6) is -2.25. The number of para-hydroxylation sites is 1. The van der Waals surface area contributed by atoms with Gasteiger partial charge in [-0.25, -0.2) is 4.79 Å². The Labute approximate surface area is 175 Å². The molecule has 4 nitrogen and oxygen atoms in total. The average Bonchev–Trinajstić information content (AvgIpc) is 3.39. The predicted octanol–water partition coefficient (Wildman–Crippen LogP) is 6.95. The Bertz CT molecular complexity index is 1190. The van der Waals surface area contributed by atoms with Gasteiger partial charge in [0.2, 0.25) is 5.76 Å². The monoisotopic (exact) mass is 428 g/mol. The maximum Gasteiger partial charge on any atom is 0.392 e. The standard InChI is InChI=1S/C24H19F3O4/c25-24(26,27)16-6-5-13-9-15(22-11-14-3-1-2-4-19(14)30-22)10-18(17(13)12-16)20-7-8-21(31-20)23(28)29/h1-4,7-9,11,16,18H,5-6,10,12H2,(H,28,29)/t16?,18-/m1/s1. The lowest BCUT2D eigenvalue weighted by Crippen LogP contribution is -2.28. The van der Waals surface area contributed by atoms with Crippen LogP contribution in [0.4, 0.5) is 13.2 Å². The first-order valence-corrected chi connectivity index (χ1v) is 10.1. The van der Waals surface area contributed by atoms with Gasteiger partial charge in [-0.05, 0) is 61.1 Å². The van der Waals surface area contributed by atoms with Crippen molar-refractivity contribution in [2.45, 2.75) is 37.8 Å². The summed E-state index contributed by atoms with van der Waals surface area (Å²) < 4.78 is 51.9. The van der Waals surface area contributed by atoms with Gasteiger partial charge in [-0.3, -0.25) is 0 Å². The van der Waals surface area contributed by atoms with E-state index in [9.17, 15) is 23.1 Å². The molecule has 0 amide bonds. The Morgan fingerprint density at radius 1 is 1.06 bits per heavy atom. The molecule has 2 aliphatic rings. The molecule has 0 fully saturated rings. The second kappa shape index (κ2) is 7.18. The molecule has 5 rings (SSSR count). The zero-order valence-corrected chi connectivity index (χ0v) is 16.4. The normalized spacial score (nSPS) is 21.8. The van der Waals surface area contributed by atoms with Crippen molar-refractivity contribution >= 4 is 22.5 Å². The molecule has 2 aromatic heterocycles. The van der Waals surface area contributed by atoms with Crippen molar-refractivity contribution < 1.29 is 31.9 Å². The number of carboxylic acids is 1. The van der Waals surface area contributed by atoms with Gasteiger partial charge in [0.05, 0.1) is 5.92 Å². The summed E-state index contributed by atoms with van der Waals surface area (Å²) in [6, 6.07) is 12.4. The number of allylic oxidation sites excluding steroid dienone is 4. The van der Waals surface area contributed by atoms with Gasteiger partial charge < -0.3 is 13.9 Å². The molecule has 0 saturated carbocycles. The Morgan fingerprint density at radius 2 is 1.87 bits per heavy atom. The van der Waals surface area contributed by atoms with E-state index in [1.807, 2.05) is 36.4 Å². The average molecular weight is 428 g/mol. The van der Waals surface area contributed by atoms with Crippen molar-refractivity contribution in [2.75, 3.05) is 0 Å². The van der Waals surface area contributed by atoms with E-state index < -0.39 is 24.0 Å². The van der Waals surface area contributed by atoms with E-state index >= 15 is 0 Å². The number of rotatable bonds is 3. The number of benzene rings is 1. The molecule has 3 aromatic rings. The molecule has 2 heterocycles. The first-order valence-electron chi connectivity index (χ1n) is 10.1. The molecule has 0 saturated heterocycles.